The monoisotopic (exact) mass is 362 g/mol. The molecule has 5 nitrogen and oxygen atoms in total. The van der Waals surface area contributed by atoms with Gasteiger partial charge in [-0.1, -0.05) is 24.9 Å². The zero-order valence-electron chi connectivity index (χ0n) is 13.9. The second kappa shape index (κ2) is 6.91. The number of hydrogen-bond donors (Lipinski definition) is 1. The van der Waals surface area contributed by atoms with Gasteiger partial charge in [0.15, 0.2) is 0 Å². The minimum absolute atomic E-state index is 0.235. The molecule has 0 bridgehead atoms. The summed E-state index contributed by atoms with van der Waals surface area (Å²) in [6.45, 7) is 6.60. The van der Waals surface area contributed by atoms with Crippen LogP contribution in [0.2, 0.25) is 5.15 Å². The molecule has 0 aliphatic rings. The first kappa shape index (κ1) is 16.9. The molecule has 1 aromatic carbocycles. The zero-order chi connectivity index (χ0) is 17.3. The minimum Gasteiger partial charge on any atom is -0.322 e. The molecular weight excluding hydrogens is 344 g/mol. The van der Waals surface area contributed by atoms with Crippen molar-refractivity contribution in [3.05, 3.63) is 39.6 Å². The lowest BCUT2D eigenvalue weighted by Crippen LogP contribution is -2.13. The van der Waals surface area contributed by atoms with Crippen molar-refractivity contribution in [1.82, 2.24) is 14.8 Å². The van der Waals surface area contributed by atoms with Crippen molar-refractivity contribution in [1.29, 1.82) is 0 Å². The third-order valence-electron chi connectivity index (χ3n) is 3.77. The van der Waals surface area contributed by atoms with E-state index in [1.165, 1.54) is 0 Å². The summed E-state index contributed by atoms with van der Waals surface area (Å²) >= 11 is 7.96. The summed E-state index contributed by atoms with van der Waals surface area (Å²) in [5, 5.41) is 8.69. The summed E-state index contributed by atoms with van der Waals surface area (Å²) in [5.41, 5.74) is 2.75. The highest BCUT2D eigenvalue weighted by molar-refractivity contribution is 7.18. The summed E-state index contributed by atoms with van der Waals surface area (Å²) in [6.07, 6.45) is 2.02. The van der Waals surface area contributed by atoms with Gasteiger partial charge in [0, 0.05) is 12.2 Å². The van der Waals surface area contributed by atoms with Gasteiger partial charge in [-0.2, -0.15) is 5.10 Å². The maximum atomic E-state index is 12.6. The molecule has 24 heavy (non-hydrogen) atoms. The van der Waals surface area contributed by atoms with E-state index in [1.54, 1.807) is 22.9 Å². The molecule has 1 N–H and O–H groups in total. The van der Waals surface area contributed by atoms with Crippen molar-refractivity contribution < 1.29 is 4.79 Å². The van der Waals surface area contributed by atoms with Crippen LogP contribution in [-0.4, -0.2) is 20.7 Å². The van der Waals surface area contributed by atoms with E-state index in [0.717, 1.165) is 40.3 Å². The van der Waals surface area contributed by atoms with Crippen molar-refractivity contribution in [2.45, 2.75) is 40.2 Å². The quantitative estimate of drug-likeness (QED) is 0.708. The molecule has 2 heterocycles. The topological polar surface area (TPSA) is 59.8 Å². The van der Waals surface area contributed by atoms with Gasteiger partial charge >= 0.3 is 0 Å². The van der Waals surface area contributed by atoms with Crippen LogP contribution < -0.4 is 5.32 Å². The molecule has 0 aliphatic carbocycles. The van der Waals surface area contributed by atoms with E-state index < -0.39 is 0 Å². The number of benzene rings is 1. The van der Waals surface area contributed by atoms with Crippen molar-refractivity contribution >= 4 is 44.7 Å². The number of fused-ring (bicyclic) bond motifs is 1. The minimum atomic E-state index is -0.235. The molecule has 0 spiro atoms. The molecule has 0 fully saturated rings. The molecule has 0 unspecified atom stereocenters. The number of unbranched alkanes of at least 4 members (excludes halogenated alkanes) is 1. The second-order valence-electron chi connectivity index (χ2n) is 5.70. The predicted molar refractivity (Wildman–Crippen MR) is 99.2 cm³/mol. The molecule has 126 valence electrons. The van der Waals surface area contributed by atoms with Crippen molar-refractivity contribution in [3.63, 3.8) is 0 Å². The number of aromatic nitrogens is 3. The van der Waals surface area contributed by atoms with Crippen molar-refractivity contribution in [2.75, 3.05) is 5.32 Å². The number of aryl methyl sites for hydroxylation is 3. The summed E-state index contributed by atoms with van der Waals surface area (Å²) in [5.74, 6) is -0.235. The van der Waals surface area contributed by atoms with Gasteiger partial charge in [0.25, 0.3) is 5.91 Å². The van der Waals surface area contributed by atoms with Gasteiger partial charge in [0.2, 0.25) is 0 Å². The van der Waals surface area contributed by atoms with Gasteiger partial charge in [0.1, 0.15) is 5.15 Å². The van der Waals surface area contributed by atoms with Crippen LogP contribution >= 0.6 is 22.9 Å². The number of carbonyl (C=O) groups excluding carboxylic acids is 1. The third-order valence-corrected chi connectivity index (χ3v) is 5.09. The number of rotatable bonds is 5. The fraction of sp³-hybridized carbons (Fsp3) is 0.353. The van der Waals surface area contributed by atoms with Crippen LogP contribution in [0.5, 0.6) is 0 Å². The van der Waals surface area contributed by atoms with E-state index >= 15 is 0 Å². The largest absolute Gasteiger partial charge is 0.322 e. The Morgan fingerprint density at radius 1 is 1.38 bits per heavy atom. The fourth-order valence-electron chi connectivity index (χ4n) is 2.58. The normalized spacial score (nSPS) is 11.2. The number of amides is 1. The van der Waals surface area contributed by atoms with Crippen LogP contribution in [0.25, 0.3) is 10.2 Å². The smallest absolute Gasteiger partial charge is 0.260 e. The van der Waals surface area contributed by atoms with Crippen molar-refractivity contribution in [3.8, 4) is 0 Å². The van der Waals surface area contributed by atoms with Gasteiger partial charge in [-0.05, 0) is 38.5 Å². The number of carbonyl (C=O) groups is 1. The SMILES string of the molecule is CCCCn1nc(C)c(C(=O)Nc2ccc3nc(C)sc3c2)c1Cl. The molecule has 3 aromatic rings. The van der Waals surface area contributed by atoms with Crippen LogP contribution in [0.4, 0.5) is 5.69 Å². The maximum Gasteiger partial charge on any atom is 0.260 e. The number of halogens is 1. The lowest BCUT2D eigenvalue weighted by atomic mass is 10.2. The Morgan fingerprint density at radius 3 is 2.92 bits per heavy atom. The number of nitrogens with one attached hydrogen (secondary N) is 1. The molecular formula is C17H19ClN4OS. The maximum absolute atomic E-state index is 12.6. The highest BCUT2D eigenvalue weighted by Gasteiger charge is 2.20. The van der Waals surface area contributed by atoms with Gasteiger partial charge < -0.3 is 5.32 Å². The van der Waals surface area contributed by atoms with Crippen LogP contribution in [-0.2, 0) is 6.54 Å². The summed E-state index contributed by atoms with van der Waals surface area (Å²) in [6, 6.07) is 5.69. The Bertz CT molecular complexity index is 900. The molecule has 1 amide bonds. The Hall–Kier alpha value is -1.92. The average molecular weight is 363 g/mol. The molecule has 0 saturated carbocycles. The Morgan fingerprint density at radius 2 is 2.17 bits per heavy atom. The van der Waals surface area contributed by atoms with Gasteiger partial charge in [-0.25, -0.2) is 4.98 Å². The first-order valence-corrected chi connectivity index (χ1v) is 9.10. The van der Waals surface area contributed by atoms with E-state index in [0.29, 0.717) is 16.4 Å². The standard InChI is InChI=1S/C17H19ClN4OS/c1-4-5-8-22-16(18)15(10(2)21-22)17(23)20-12-6-7-13-14(9-12)24-11(3)19-13/h6-7,9H,4-5,8H2,1-3H3,(H,20,23). The zero-order valence-corrected chi connectivity index (χ0v) is 15.5. The highest BCUT2D eigenvalue weighted by atomic mass is 35.5. The number of hydrogen-bond acceptors (Lipinski definition) is 4. The predicted octanol–water partition coefficient (Wildman–Crippen LogP) is 4.82. The van der Waals surface area contributed by atoms with E-state index in [9.17, 15) is 4.79 Å². The van der Waals surface area contributed by atoms with Crippen LogP contribution in [0.1, 0.15) is 40.8 Å². The van der Waals surface area contributed by atoms with E-state index in [1.807, 2.05) is 25.1 Å². The molecule has 0 radical (unpaired) electrons. The van der Waals surface area contributed by atoms with Gasteiger partial charge in [0.05, 0.1) is 26.5 Å². The Labute approximate surface area is 149 Å². The third kappa shape index (κ3) is 3.30. The lowest BCUT2D eigenvalue weighted by molar-refractivity contribution is 0.102. The average Bonchev–Trinajstić information content (AvgIpc) is 3.03. The molecule has 0 aliphatic heterocycles. The number of nitrogens with zero attached hydrogens (tertiary/aromatic N) is 3. The molecule has 0 saturated heterocycles. The number of anilines is 1. The van der Waals surface area contributed by atoms with E-state index in [2.05, 4.69) is 22.3 Å². The van der Waals surface area contributed by atoms with Crippen LogP contribution in [0, 0.1) is 13.8 Å². The summed E-state index contributed by atoms with van der Waals surface area (Å²) in [4.78, 5) is 17.0. The number of thiazole rings is 1. The first-order valence-electron chi connectivity index (χ1n) is 7.91. The van der Waals surface area contributed by atoms with E-state index in [4.69, 9.17) is 11.6 Å². The molecule has 0 atom stereocenters. The van der Waals surface area contributed by atoms with Crippen molar-refractivity contribution in [2.24, 2.45) is 0 Å². The molecule has 3 rings (SSSR count). The van der Waals surface area contributed by atoms with Gasteiger partial charge in [-0.3, -0.25) is 9.48 Å². The molecule has 2 aromatic heterocycles. The van der Waals surface area contributed by atoms with Gasteiger partial charge in [-0.15, -0.1) is 11.3 Å². The van der Waals surface area contributed by atoms with E-state index in [-0.39, 0.29) is 5.91 Å². The summed E-state index contributed by atoms with van der Waals surface area (Å²) in [7, 11) is 0. The second-order valence-corrected chi connectivity index (χ2v) is 7.29. The Kier molecular flexibility index (Phi) is 4.87. The molecule has 7 heteroatoms. The highest BCUT2D eigenvalue weighted by Crippen LogP contribution is 2.26. The Balaban J connectivity index is 1.84. The summed E-state index contributed by atoms with van der Waals surface area (Å²) < 4.78 is 2.75. The van der Waals surface area contributed by atoms with Crippen LogP contribution in [0.15, 0.2) is 18.2 Å². The fourth-order valence-corrected chi connectivity index (χ4v) is 3.79. The first-order chi connectivity index (χ1) is 11.5. The lowest BCUT2D eigenvalue weighted by Gasteiger charge is -2.05. The van der Waals surface area contributed by atoms with Crippen LogP contribution in [0.3, 0.4) is 0 Å².